The summed E-state index contributed by atoms with van der Waals surface area (Å²) in [6.45, 7) is 7.69. The van der Waals surface area contributed by atoms with Gasteiger partial charge in [-0.15, -0.1) is 0 Å². The van der Waals surface area contributed by atoms with E-state index in [2.05, 4.69) is 15.0 Å². The molecule has 27 heavy (non-hydrogen) atoms. The van der Waals surface area contributed by atoms with Crippen LogP contribution in [-0.4, -0.2) is 48.2 Å². The quantitative estimate of drug-likeness (QED) is 0.592. The second kappa shape index (κ2) is 8.81. The largest absolute Gasteiger partial charge is 0.395 e. The van der Waals surface area contributed by atoms with Gasteiger partial charge in [0.15, 0.2) is 0 Å². The molecule has 0 atom stereocenters. The Morgan fingerprint density at radius 1 is 1.26 bits per heavy atom. The first-order valence-corrected chi connectivity index (χ1v) is 10.5. The summed E-state index contributed by atoms with van der Waals surface area (Å²) in [4.78, 5) is 16.6. The van der Waals surface area contributed by atoms with Crippen molar-refractivity contribution in [3.05, 3.63) is 24.0 Å². The summed E-state index contributed by atoms with van der Waals surface area (Å²) in [5.41, 5.74) is 1.42. The Balaban J connectivity index is 2.35. The van der Waals surface area contributed by atoms with Crippen LogP contribution in [0, 0.1) is 0 Å². The molecule has 9 heteroatoms. The lowest BCUT2D eigenvalue weighted by Crippen LogP contribution is -2.30. The summed E-state index contributed by atoms with van der Waals surface area (Å²) in [6.07, 6.45) is 0.673. The van der Waals surface area contributed by atoms with Crippen molar-refractivity contribution < 1.29 is 18.3 Å². The molecule has 8 nitrogen and oxygen atoms in total. The number of hydrogen-bond donors (Lipinski definition) is 3. The average molecular weight is 397 g/mol. The standard InChI is InChI=1S/C18H28N4O4S/c1-12(2)21-27(25,26)14-5-6-16-15(11-14)20-17(22(16)13(3)4)7-8-18(24)19-9-10-23/h5-6,11-13,21,23H,7-10H2,1-4H3,(H,19,24). The summed E-state index contributed by atoms with van der Waals surface area (Å²) >= 11 is 0. The van der Waals surface area contributed by atoms with E-state index in [1.54, 1.807) is 32.0 Å². The predicted octanol–water partition coefficient (Wildman–Crippen LogP) is 1.34. The number of benzene rings is 1. The van der Waals surface area contributed by atoms with E-state index in [-0.39, 0.29) is 42.5 Å². The van der Waals surface area contributed by atoms with Crippen molar-refractivity contribution in [2.45, 2.75) is 57.5 Å². The molecule has 0 aliphatic heterocycles. The van der Waals surface area contributed by atoms with Crippen LogP contribution in [0.25, 0.3) is 11.0 Å². The molecular formula is C18H28N4O4S. The molecule has 1 aromatic carbocycles. The van der Waals surface area contributed by atoms with Crippen LogP contribution in [0.4, 0.5) is 0 Å². The zero-order valence-corrected chi connectivity index (χ0v) is 17.0. The molecule has 0 unspecified atom stereocenters. The van der Waals surface area contributed by atoms with Crippen LogP contribution < -0.4 is 10.0 Å². The minimum atomic E-state index is -3.60. The second-order valence-electron chi connectivity index (χ2n) is 6.99. The highest BCUT2D eigenvalue weighted by Gasteiger charge is 2.19. The van der Waals surface area contributed by atoms with Gasteiger partial charge in [-0.25, -0.2) is 18.1 Å². The first kappa shape index (κ1) is 21.3. The lowest BCUT2D eigenvalue weighted by Gasteiger charge is -2.13. The van der Waals surface area contributed by atoms with Crippen LogP contribution in [0.15, 0.2) is 23.1 Å². The van der Waals surface area contributed by atoms with Crippen molar-refractivity contribution in [3.8, 4) is 0 Å². The highest BCUT2D eigenvalue weighted by atomic mass is 32.2. The Labute approximate surface area is 160 Å². The zero-order valence-electron chi connectivity index (χ0n) is 16.2. The van der Waals surface area contributed by atoms with Gasteiger partial charge < -0.3 is 15.0 Å². The molecule has 2 aromatic rings. The Hall–Kier alpha value is -1.97. The van der Waals surface area contributed by atoms with E-state index >= 15 is 0 Å². The van der Waals surface area contributed by atoms with Crippen LogP contribution in [0.3, 0.4) is 0 Å². The molecule has 2 rings (SSSR count). The minimum Gasteiger partial charge on any atom is -0.395 e. The first-order chi connectivity index (χ1) is 12.7. The number of nitrogens with one attached hydrogen (secondary N) is 2. The topological polar surface area (TPSA) is 113 Å². The number of carbonyl (C=O) groups is 1. The van der Waals surface area contributed by atoms with Gasteiger partial charge in [-0.2, -0.15) is 0 Å². The number of nitrogens with zero attached hydrogens (tertiary/aromatic N) is 2. The van der Waals surface area contributed by atoms with Gasteiger partial charge in [0.05, 0.1) is 22.5 Å². The van der Waals surface area contributed by atoms with Gasteiger partial charge in [-0.05, 0) is 45.9 Å². The third-order valence-electron chi connectivity index (χ3n) is 3.96. The maximum Gasteiger partial charge on any atom is 0.240 e. The van der Waals surface area contributed by atoms with Gasteiger partial charge in [-0.1, -0.05) is 0 Å². The van der Waals surface area contributed by atoms with Crippen molar-refractivity contribution in [3.63, 3.8) is 0 Å². The molecule has 1 heterocycles. The number of aromatic nitrogens is 2. The third-order valence-corrected chi connectivity index (χ3v) is 5.62. The summed E-state index contributed by atoms with van der Waals surface area (Å²) in [5.74, 6) is 0.571. The molecule has 0 bridgehead atoms. The fourth-order valence-corrected chi connectivity index (χ4v) is 4.21. The highest BCUT2D eigenvalue weighted by molar-refractivity contribution is 7.89. The van der Waals surface area contributed by atoms with E-state index in [0.29, 0.717) is 11.9 Å². The third kappa shape index (κ3) is 5.27. The summed E-state index contributed by atoms with van der Waals surface area (Å²) < 4.78 is 29.4. The van der Waals surface area contributed by atoms with Gasteiger partial charge >= 0.3 is 0 Å². The van der Waals surface area contributed by atoms with E-state index in [9.17, 15) is 13.2 Å². The number of fused-ring (bicyclic) bond motifs is 1. The number of aliphatic hydroxyl groups excluding tert-OH is 1. The van der Waals surface area contributed by atoms with Crippen molar-refractivity contribution in [2.24, 2.45) is 0 Å². The minimum absolute atomic E-state index is 0.0993. The summed E-state index contributed by atoms with van der Waals surface area (Å²) in [5, 5.41) is 11.4. The molecular weight excluding hydrogens is 368 g/mol. The van der Waals surface area contributed by atoms with E-state index in [1.807, 2.05) is 18.4 Å². The molecule has 0 aliphatic rings. The van der Waals surface area contributed by atoms with Gasteiger partial charge in [0, 0.05) is 31.5 Å². The fourth-order valence-electron chi connectivity index (χ4n) is 2.94. The SMILES string of the molecule is CC(C)NS(=O)(=O)c1ccc2c(c1)nc(CCC(=O)NCCO)n2C(C)C. The van der Waals surface area contributed by atoms with E-state index in [4.69, 9.17) is 5.11 Å². The van der Waals surface area contributed by atoms with Crippen LogP contribution in [0.1, 0.15) is 46.0 Å². The van der Waals surface area contributed by atoms with Crippen molar-refractivity contribution in [1.29, 1.82) is 0 Å². The van der Waals surface area contributed by atoms with Crippen LogP contribution in [0.5, 0.6) is 0 Å². The molecule has 0 radical (unpaired) electrons. The number of hydrogen-bond acceptors (Lipinski definition) is 5. The van der Waals surface area contributed by atoms with Crippen molar-refractivity contribution in [1.82, 2.24) is 19.6 Å². The first-order valence-electron chi connectivity index (χ1n) is 9.06. The number of carbonyl (C=O) groups excluding carboxylic acids is 1. The Morgan fingerprint density at radius 2 is 1.96 bits per heavy atom. The Kier molecular flexibility index (Phi) is 6.96. The maximum atomic E-state index is 12.4. The lowest BCUT2D eigenvalue weighted by molar-refractivity contribution is -0.121. The average Bonchev–Trinajstić information content (AvgIpc) is 2.94. The maximum absolute atomic E-state index is 12.4. The number of imidazole rings is 1. The molecule has 0 spiro atoms. The number of aryl methyl sites for hydroxylation is 1. The van der Waals surface area contributed by atoms with Crippen LogP contribution in [-0.2, 0) is 21.2 Å². The van der Waals surface area contributed by atoms with E-state index < -0.39 is 10.0 Å². The van der Waals surface area contributed by atoms with Gasteiger partial charge in [-0.3, -0.25) is 4.79 Å². The van der Waals surface area contributed by atoms with E-state index in [1.165, 1.54) is 0 Å². The number of sulfonamides is 1. The summed E-state index contributed by atoms with van der Waals surface area (Å²) in [6, 6.07) is 4.81. The van der Waals surface area contributed by atoms with Gasteiger partial charge in [0.2, 0.25) is 15.9 Å². The molecule has 0 saturated carbocycles. The van der Waals surface area contributed by atoms with Crippen LogP contribution in [0.2, 0.25) is 0 Å². The molecule has 0 fully saturated rings. The highest BCUT2D eigenvalue weighted by Crippen LogP contribution is 2.24. The zero-order chi connectivity index (χ0) is 20.2. The molecule has 0 aliphatic carbocycles. The van der Waals surface area contributed by atoms with E-state index in [0.717, 1.165) is 11.3 Å². The van der Waals surface area contributed by atoms with Crippen molar-refractivity contribution in [2.75, 3.05) is 13.2 Å². The second-order valence-corrected chi connectivity index (χ2v) is 8.71. The van der Waals surface area contributed by atoms with Gasteiger partial charge in [0.1, 0.15) is 5.82 Å². The summed E-state index contributed by atoms with van der Waals surface area (Å²) in [7, 11) is -3.60. The Bertz CT molecular complexity index is 903. The monoisotopic (exact) mass is 396 g/mol. The number of amides is 1. The normalized spacial score (nSPS) is 12.3. The smallest absolute Gasteiger partial charge is 0.240 e. The number of rotatable bonds is 9. The molecule has 3 N–H and O–H groups in total. The number of aliphatic hydroxyl groups is 1. The van der Waals surface area contributed by atoms with Gasteiger partial charge in [0.25, 0.3) is 0 Å². The Morgan fingerprint density at radius 3 is 2.56 bits per heavy atom. The molecule has 0 saturated heterocycles. The fraction of sp³-hybridized carbons (Fsp3) is 0.556. The lowest BCUT2D eigenvalue weighted by atomic mass is 10.2. The van der Waals surface area contributed by atoms with Crippen LogP contribution >= 0.6 is 0 Å². The van der Waals surface area contributed by atoms with Crippen molar-refractivity contribution >= 4 is 27.0 Å². The molecule has 1 aromatic heterocycles. The predicted molar refractivity (Wildman–Crippen MR) is 104 cm³/mol. The molecule has 150 valence electrons. The molecule has 1 amide bonds.